The maximum absolute atomic E-state index is 9.21. The summed E-state index contributed by atoms with van der Waals surface area (Å²) in [7, 11) is 0. The molecule has 1 aliphatic carbocycles. The smallest absolute Gasteiger partial charge is 0.0736 e. The van der Waals surface area contributed by atoms with Crippen LogP contribution in [0.5, 0.6) is 0 Å². The molecule has 1 aliphatic rings. The lowest BCUT2D eigenvalue weighted by Gasteiger charge is -2.16. The van der Waals surface area contributed by atoms with Crippen LogP contribution in [0, 0.1) is 11.3 Å². The maximum Gasteiger partial charge on any atom is 0.0736 e. The fourth-order valence-electron chi connectivity index (χ4n) is 2.59. The van der Waals surface area contributed by atoms with E-state index in [-0.39, 0.29) is 5.92 Å². The van der Waals surface area contributed by atoms with E-state index in [2.05, 4.69) is 39.1 Å². The molecule has 2 aromatic rings. The highest BCUT2D eigenvalue weighted by molar-refractivity contribution is 9.10. The van der Waals surface area contributed by atoms with Crippen LogP contribution in [0.2, 0.25) is 0 Å². The number of aromatic amines is 1. The Kier molecular flexibility index (Phi) is 2.26. The normalized spacial score (nSPS) is 19.4. The predicted molar refractivity (Wildman–Crippen MR) is 67.3 cm³/mol. The van der Waals surface area contributed by atoms with Crippen LogP contribution < -0.4 is 0 Å². The van der Waals surface area contributed by atoms with Gasteiger partial charge in [0.15, 0.2) is 0 Å². The molecular weight excluding hydrogens is 264 g/mol. The molecule has 0 bridgehead atoms. The van der Waals surface area contributed by atoms with Gasteiger partial charge in [-0.3, -0.25) is 0 Å². The molecule has 80 valence electrons. The maximum atomic E-state index is 9.21. The van der Waals surface area contributed by atoms with Crippen LogP contribution in [-0.4, -0.2) is 4.98 Å². The molecule has 0 saturated carbocycles. The van der Waals surface area contributed by atoms with E-state index in [1.54, 1.807) is 0 Å². The minimum atomic E-state index is 0.0619. The van der Waals surface area contributed by atoms with Gasteiger partial charge in [0, 0.05) is 21.1 Å². The molecule has 0 aliphatic heterocycles. The summed E-state index contributed by atoms with van der Waals surface area (Å²) in [6.07, 6.45) is 3.17. The van der Waals surface area contributed by atoms with Crippen molar-refractivity contribution in [2.45, 2.75) is 25.2 Å². The van der Waals surface area contributed by atoms with Gasteiger partial charge in [-0.15, -0.1) is 0 Å². The van der Waals surface area contributed by atoms with Crippen molar-refractivity contribution < 1.29 is 0 Å². The number of halogens is 1. The monoisotopic (exact) mass is 274 g/mol. The van der Waals surface area contributed by atoms with Gasteiger partial charge in [-0.2, -0.15) is 5.26 Å². The molecule has 0 fully saturated rings. The van der Waals surface area contributed by atoms with Crippen molar-refractivity contribution in [2.24, 2.45) is 0 Å². The van der Waals surface area contributed by atoms with Gasteiger partial charge in [0.25, 0.3) is 0 Å². The van der Waals surface area contributed by atoms with E-state index in [1.807, 2.05) is 6.07 Å². The quantitative estimate of drug-likeness (QED) is 0.778. The summed E-state index contributed by atoms with van der Waals surface area (Å²) < 4.78 is 1.07. The van der Waals surface area contributed by atoms with Gasteiger partial charge in [0.2, 0.25) is 0 Å². The van der Waals surface area contributed by atoms with Crippen molar-refractivity contribution in [1.82, 2.24) is 4.98 Å². The summed E-state index contributed by atoms with van der Waals surface area (Å²) in [5.74, 6) is 0.0619. The second-order valence-corrected chi connectivity index (χ2v) is 5.20. The molecule has 1 N–H and O–H groups in total. The average Bonchev–Trinajstić information content (AvgIpc) is 2.66. The van der Waals surface area contributed by atoms with Crippen molar-refractivity contribution in [3.63, 3.8) is 0 Å². The Balaban J connectivity index is 2.33. The Hall–Kier alpha value is -1.27. The van der Waals surface area contributed by atoms with Crippen molar-refractivity contribution in [3.05, 3.63) is 33.9 Å². The zero-order valence-electron chi connectivity index (χ0n) is 8.76. The SMILES string of the molecule is N#CC1CCCc2[nH]c3ccc(Br)cc3c21. The summed E-state index contributed by atoms with van der Waals surface area (Å²) in [6, 6.07) is 8.64. The number of rotatable bonds is 0. The zero-order valence-corrected chi connectivity index (χ0v) is 10.3. The molecule has 1 unspecified atom stereocenters. The van der Waals surface area contributed by atoms with Gasteiger partial charge < -0.3 is 4.98 Å². The minimum Gasteiger partial charge on any atom is -0.358 e. The molecule has 3 heteroatoms. The van der Waals surface area contributed by atoms with Crippen LogP contribution in [0.4, 0.5) is 0 Å². The first-order valence-electron chi connectivity index (χ1n) is 5.49. The topological polar surface area (TPSA) is 39.6 Å². The number of hydrogen-bond acceptors (Lipinski definition) is 1. The Labute approximate surface area is 102 Å². The average molecular weight is 275 g/mol. The second-order valence-electron chi connectivity index (χ2n) is 4.28. The Morgan fingerprint density at radius 1 is 1.44 bits per heavy atom. The Morgan fingerprint density at radius 2 is 2.31 bits per heavy atom. The van der Waals surface area contributed by atoms with Gasteiger partial charge in [-0.1, -0.05) is 15.9 Å². The highest BCUT2D eigenvalue weighted by Gasteiger charge is 2.24. The third-order valence-electron chi connectivity index (χ3n) is 3.31. The van der Waals surface area contributed by atoms with Gasteiger partial charge in [-0.25, -0.2) is 0 Å². The van der Waals surface area contributed by atoms with Crippen molar-refractivity contribution in [2.75, 3.05) is 0 Å². The van der Waals surface area contributed by atoms with Gasteiger partial charge in [0.05, 0.1) is 12.0 Å². The number of fused-ring (bicyclic) bond motifs is 3. The summed E-state index contributed by atoms with van der Waals surface area (Å²) in [5.41, 5.74) is 3.63. The third-order valence-corrected chi connectivity index (χ3v) is 3.80. The summed E-state index contributed by atoms with van der Waals surface area (Å²) in [6.45, 7) is 0. The summed E-state index contributed by atoms with van der Waals surface area (Å²) in [5, 5.41) is 10.4. The molecule has 2 nitrogen and oxygen atoms in total. The number of aromatic nitrogens is 1. The van der Waals surface area contributed by atoms with Crippen LogP contribution >= 0.6 is 15.9 Å². The highest BCUT2D eigenvalue weighted by Crippen LogP contribution is 2.37. The Bertz CT molecular complexity index is 592. The van der Waals surface area contributed by atoms with E-state index in [1.165, 1.54) is 16.6 Å². The number of aryl methyl sites for hydroxylation is 1. The molecule has 1 aromatic carbocycles. The molecule has 1 aromatic heterocycles. The second kappa shape index (κ2) is 3.64. The first kappa shape index (κ1) is 9.92. The molecule has 1 heterocycles. The largest absolute Gasteiger partial charge is 0.358 e. The molecular formula is C13H11BrN2. The summed E-state index contributed by atoms with van der Waals surface area (Å²) in [4.78, 5) is 3.44. The van der Waals surface area contributed by atoms with E-state index >= 15 is 0 Å². The molecule has 0 amide bonds. The molecule has 16 heavy (non-hydrogen) atoms. The fraction of sp³-hybridized carbons (Fsp3) is 0.308. The van der Waals surface area contributed by atoms with Crippen molar-refractivity contribution in [1.29, 1.82) is 5.26 Å². The van der Waals surface area contributed by atoms with Crippen molar-refractivity contribution >= 4 is 26.8 Å². The lowest BCUT2D eigenvalue weighted by molar-refractivity contribution is 0.633. The molecule has 0 spiro atoms. The van der Waals surface area contributed by atoms with Crippen LogP contribution in [-0.2, 0) is 6.42 Å². The zero-order chi connectivity index (χ0) is 11.1. The number of hydrogen-bond donors (Lipinski definition) is 1. The van der Waals surface area contributed by atoms with Crippen LogP contribution in [0.1, 0.15) is 30.0 Å². The molecule has 3 rings (SSSR count). The lowest BCUT2D eigenvalue weighted by Crippen LogP contribution is -2.06. The first-order valence-corrected chi connectivity index (χ1v) is 6.28. The fourth-order valence-corrected chi connectivity index (χ4v) is 2.95. The predicted octanol–water partition coefficient (Wildman–Crippen LogP) is 3.87. The number of benzene rings is 1. The van der Waals surface area contributed by atoms with Crippen LogP contribution in [0.25, 0.3) is 10.9 Å². The van der Waals surface area contributed by atoms with Crippen LogP contribution in [0.3, 0.4) is 0 Å². The van der Waals surface area contributed by atoms with E-state index in [0.29, 0.717) is 0 Å². The Morgan fingerprint density at radius 3 is 3.12 bits per heavy atom. The minimum absolute atomic E-state index is 0.0619. The lowest BCUT2D eigenvalue weighted by atomic mass is 9.86. The highest BCUT2D eigenvalue weighted by atomic mass is 79.9. The standard InChI is InChI=1S/C13H11BrN2/c14-9-4-5-11-10(6-9)13-8(7-15)2-1-3-12(13)16-11/h4-6,8,16H,1-3H2. The molecule has 0 saturated heterocycles. The third kappa shape index (κ3) is 1.37. The molecule has 1 atom stereocenters. The number of nitrogens with zero attached hydrogens (tertiary/aromatic N) is 1. The van der Waals surface area contributed by atoms with Gasteiger partial charge in [0.1, 0.15) is 0 Å². The number of nitrogens with one attached hydrogen (secondary N) is 1. The number of nitriles is 1. The van der Waals surface area contributed by atoms with Crippen LogP contribution in [0.15, 0.2) is 22.7 Å². The first-order chi connectivity index (χ1) is 7.79. The van der Waals surface area contributed by atoms with Gasteiger partial charge >= 0.3 is 0 Å². The van der Waals surface area contributed by atoms with E-state index in [0.717, 1.165) is 29.3 Å². The van der Waals surface area contributed by atoms with Crippen molar-refractivity contribution in [3.8, 4) is 6.07 Å². The van der Waals surface area contributed by atoms with Gasteiger partial charge in [-0.05, 0) is 43.0 Å². The van der Waals surface area contributed by atoms with E-state index in [4.69, 9.17) is 0 Å². The summed E-state index contributed by atoms with van der Waals surface area (Å²) >= 11 is 3.49. The number of H-pyrrole nitrogens is 1. The van der Waals surface area contributed by atoms with E-state index < -0.39 is 0 Å². The molecule has 0 radical (unpaired) electrons. The van der Waals surface area contributed by atoms with E-state index in [9.17, 15) is 5.26 Å².